The Hall–Kier alpha value is -1.06. The average molecular weight is 274 g/mol. The normalized spacial score (nSPS) is 28.1. The molecule has 0 bridgehead atoms. The Labute approximate surface area is 122 Å². The van der Waals surface area contributed by atoms with E-state index < -0.39 is 0 Å². The summed E-state index contributed by atoms with van der Waals surface area (Å²) >= 11 is 0. The topological polar surface area (TPSA) is 24.5 Å². The molecule has 2 heterocycles. The van der Waals surface area contributed by atoms with E-state index in [1.54, 1.807) is 7.11 Å². The first-order valence-corrected chi connectivity index (χ1v) is 7.93. The van der Waals surface area contributed by atoms with Gasteiger partial charge in [-0.25, -0.2) is 0 Å². The van der Waals surface area contributed by atoms with Crippen molar-refractivity contribution in [2.45, 2.75) is 38.3 Å². The van der Waals surface area contributed by atoms with Crippen molar-refractivity contribution in [1.29, 1.82) is 0 Å². The Bertz CT molecular complexity index is 417. The van der Waals surface area contributed by atoms with E-state index in [0.29, 0.717) is 6.04 Å². The van der Waals surface area contributed by atoms with Crippen LogP contribution in [0.4, 0.5) is 0 Å². The minimum Gasteiger partial charge on any atom is -0.497 e. The van der Waals surface area contributed by atoms with Gasteiger partial charge in [0.1, 0.15) is 5.75 Å². The highest BCUT2D eigenvalue weighted by atomic mass is 16.5. The first-order chi connectivity index (χ1) is 9.81. The van der Waals surface area contributed by atoms with E-state index in [1.165, 1.54) is 44.5 Å². The molecule has 0 spiro atoms. The second kappa shape index (κ2) is 6.15. The van der Waals surface area contributed by atoms with E-state index in [4.69, 9.17) is 4.74 Å². The van der Waals surface area contributed by atoms with Crippen LogP contribution in [0.15, 0.2) is 24.3 Å². The van der Waals surface area contributed by atoms with Gasteiger partial charge in [-0.15, -0.1) is 0 Å². The number of rotatable bonds is 4. The molecular weight excluding hydrogens is 248 g/mol. The van der Waals surface area contributed by atoms with Crippen LogP contribution in [0.5, 0.6) is 5.75 Å². The minimum absolute atomic E-state index is 0.549. The van der Waals surface area contributed by atoms with Crippen molar-refractivity contribution in [2.75, 3.05) is 26.7 Å². The van der Waals surface area contributed by atoms with Crippen LogP contribution in [0.25, 0.3) is 0 Å². The van der Waals surface area contributed by atoms with Gasteiger partial charge >= 0.3 is 0 Å². The Kier molecular flexibility index (Phi) is 4.27. The zero-order chi connectivity index (χ0) is 13.9. The molecule has 3 nitrogen and oxygen atoms in total. The number of nitrogens with zero attached hydrogens (tertiary/aromatic N) is 1. The van der Waals surface area contributed by atoms with Crippen molar-refractivity contribution in [3.63, 3.8) is 0 Å². The highest BCUT2D eigenvalue weighted by Gasteiger charge is 2.36. The van der Waals surface area contributed by atoms with Gasteiger partial charge in [0, 0.05) is 25.2 Å². The van der Waals surface area contributed by atoms with Crippen LogP contribution in [0.2, 0.25) is 0 Å². The molecule has 1 aromatic rings. The molecule has 3 heteroatoms. The number of nitrogens with one attached hydrogen (secondary N) is 1. The molecule has 1 aromatic carbocycles. The number of benzene rings is 1. The van der Waals surface area contributed by atoms with E-state index in [0.717, 1.165) is 17.7 Å². The van der Waals surface area contributed by atoms with Crippen molar-refractivity contribution in [3.05, 3.63) is 29.8 Å². The fourth-order valence-electron chi connectivity index (χ4n) is 3.87. The number of likely N-dealkylation sites (tertiary alicyclic amines) is 1. The van der Waals surface area contributed by atoms with Crippen molar-refractivity contribution < 1.29 is 4.74 Å². The number of methoxy groups -OCH3 is 1. The van der Waals surface area contributed by atoms with Crippen LogP contribution in [0.1, 0.15) is 37.8 Å². The molecule has 0 aromatic heterocycles. The summed E-state index contributed by atoms with van der Waals surface area (Å²) < 4.78 is 5.26. The quantitative estimate of drug-likeness (QED) is 0.913. The molecule has 1 unspecified atom stereocenters. The second-order valence-corrected chi connectivity index (χ2v) is 6.11. The summed E-state index contributed by atoms with van der Waals surface area (Å²) in [5.74, 6) is 1.80. The largest absolute Gasteiger partial charge is 0.497 e. The van der Waals surface area contributed by atoms with Gasteiger partial charge in [0.25, 0.3) is 0 Å². The predicted octanol–water partition coefficient (Wildman–Crippen LogP) is 2.83. The molecule has 20 heavy (non-hydrogen) atoms. The summed E-state index contributed by atoms with van der Waals surface area (Å²) in [6.07, 6.45) is 3.91. The van der Waals surface area contributed by atoms with Crippen LogP contribution in [0, 0.1) is 5.92 Å². The fourth-order valence-corrected chi connectivity index (χ4v) is 3.87. The van der Waals surface area contributed by atoms with Gasteiger partial charge in [0.05, 0.1) is 7.11 Å². The molecule has 0 radical (unpaired) electrons. The highest BCUT2D eigenvalue weighted by Crippen LogP contribution is 2.33. The third-order valence-corrected chi connectivity index (χ3v) is 4.96. The lowest BCUT2D eigenvalue weighted by molar-refractivity contribution is 0.228. The number of hydrogen-bond acceptors (Lipinski definition) is 3. The van der Waals surface area contributed by atoms with Crippen molar-refractivity contribution in [2.24, 2.45) is 5.92 Å². The van der Waals surface area contributed by atoms with Gasteiger partial charge in [-0.05, 0) is 49.4 Å². The number of ether oxygens (including phenoxy) is 1. The van der Waals surface area contributed by atoms with Gasteiger partial charge in [0.2, 0.25) is 0 Å². The molecule has 2 fully saturated rings. The fraction of sp³-hybridized carbons (Fsp3) is 0.647. The average Bonchev–Trinajstić information content (AvgIpc) is 2.92. The summed E-state index contributed by atoms with van der Waals surface area (Å²) in [5.41, 5.74) is 1.42. The molecule has 0 saturated carbocycles. The lowest BCUT2D eigenvalue weighted by Gasteiger charge is -2.27. The highest BCUT2D eigenvalue weighted by molar-refractivity contribution is 5.29. The maximum Gasteiger partial charge on any atom is 0.118 e. The SMILES string of the molecule is CCC(c1ccc(OC)cc1)N1C[C@@H]2CCCN[C@@H]2C1. The van der Waals surface area contributed by atoms with Gasteiger partial charge in [0.15, 0.2) is 0 Å². The maximum atomic E-state index is 5.26. The van der Waals surface area contributed by atoms with Crippen molar-refractivity contribution in [1.82, 2.24) is 10.2 Å². The van der Waals surface area contributed by atoms with Gasteiger partial charge < -0.3 is 10.1 Å². The second-order valence-electron chi connectivity index (χ2n) is 6.11. The van der Waals surface area contributed by atoms with Crippen LogP contribution in [-0.4, -0.2) is 37.7 Å². The van der Waals surface area contributed by atoms with E-state index in [2.05, 4.69) is 41.4 Å². The van der Waals surface area contributed by atoms with Crippen molar-refractivity contribution >= 4 is 0 Å². The smallest absolute Gasteiger partial charge is 0.118 e. The van der Waals surface area contributed by atoms with Gasteiger partial charge in [-0.3, -0.25) is 4.90 Å². The Balaban J connectivity index is 1.72. The molecule has 0 amide bonds. The van der Waals surface area contributed by atoms with Crippen molar-refractivity contribution in [3.8, 4) is 5.75 Å². The van der Waals surface area contributed by atoms with Crippen LogP contribution in [-0.2, 0) is 0 Å². The summed E-state index contributed by atoms with van der Waals surface area (Å²) in [5, 5.41) is 3.70. The van der Waals surface area contributed by atoms with E-state index in [-0.39, 0.29) is 0 Å². The Morgan fingerprint density at radius 3 is 2.75 bits per heavy atom. The van der Waals surface area contributed by atoms with Crippen LogP contribution < -0.4 is 10.1 Å². The molecule has 0 aliphatic carbocycles. The minimum atomic E-state index is 0.549. The lowest BCUT2D eigenvalue weighted by Crippen LogP contribution is -2.40. The summed E-state index contributed by atoms with van der Waals surface area (Å²) in [6.45, 7) is 5.95. The predicted molar refractivity (Wildman–Crippen MR) is 82.1 cm³/mol. The van der Waals surface area contributed by atoms with Crippen LogP contribution >= 0.6 is 0 Å². The molecule has 2 aliphatic rings. The first-order valence-electron chi connectivity index (χ1n) is 7.93. The zero-order valence-electron chi connectivity index (χ0n) is 12.6. The summed E-state index contributed by atoms with van der Waals surface area (Å²) in [7, 11) is 1.73. The van der Waals surface area contributed by atoms with Gasteiger partial charge in [-0.1, -0.05) is 19.1 Å². The first kappa shape index (κ1) is 13.9. The molecule has 2 saturated heterocycles. The maximum absolute atomic E-state index is 5.26. The molecule has 3 atom stereocenters. The monoisotopic (exact) mass is 274 g/mol. The lowest BCUT2D eigenvalue weighted by atomic mass is 9.94. The third-order valence-electron chi connectivity index (χ3n) is 4.96. The number of piperidine rings is 1. The molecule has 3 rings (SSSR count). The Morgan fingerprint density at radius 2 is 2.10 bits per heavy atom. The number of fused-ring (bicyclic) bond motifs is 1. The third kappa shape index (κ3) is 2.70. The summed E-state index contributed by atoms with van der Waals surface area (Å²) in [6, 6.07) is 9.88. The molecule has 1 N–H and O–H groups in total. The summed E-state index contributed by atoms with van der Waals surface area (Å²) in [4.78, 5) is 2.68. The zero-order valence-corrected chi connectivity index (χ0v) is 12.6. The van der Waals surface area contributed by atoms with E-state index in [9.17, 15) is 0 Å². The van der Waals surface area contributed by atoms with Crippen LogP contribution in [0.3, 0.4) is 0 Å². The standard InChI is InChI=1S/C17H26N2O/c1-3-17(13-6-8-15(20-2)9-7-13)19-11-14-5-4-10-18-16(14)12-19/h6-9,14,16-18H,3-5,10-12H2,1-2H3/t14-,16+,17?/m0/s1. The van der Waals surface area contributed by atoms with Gasteiger partial charge in [-0.2, -0.15) is 0 Å². The van der Waals surface area contributed by atoms with E-state index in [1.807, 2.05) is 0 Å². The molecular formula is C17H26N2O. The molecule has 110 valence electrons. The number of hydrogen-bond donors (Lipinski definition) is 1. The van der Waals surface area contributed by atoms with E-state index >= 15 is 0 Å². The Morgan fingerprint density at radius 1 is 1.30 bits per heavy atom. The molecule has 2 aliphatic heterocycles.